The lowest BCUT2D eigenvalue weighted by molar-refractivity contribution is 0.0902. The van der Waals surface area contributed by atoms with E-state index in [0.29, 0.717) is 22.6 Å². The lowest BCUT2D eigenvalue weighted by atomic mass is 10.2. The lowest BCUT2D eigenvalue weighted by Crippen LogP contribution is -2.18. The van der Waals surface area contributed by atoms with Gasteiger partial charge in [0.2, 0.25) is 0 Å². The molecule has 2 amide bonds. The summed E-state index contributed by atoms with van der Waals surface area (Å²) in [6, 6.07) is 13.4. The Morgan fingerprint density at radius 2 is 1.21 bits per heavy atom. The highest BCUT2D eigenvalue weighted by molar-refractivity contribution is 9.10. The largest absolute Gasteiger partial charge is 0.497 e. The zero-order valence-corrected chi connectivity index (χ0v) is 20.6. The maximum atomic E-state index is 12.2. The number of ether oxygens (including phenoxy) is 2. The molecule has 11 heteroatoms. The third-order valence-corrected chi connectivity index (χ3v) is 5.64. The lowest BCUT2D eigenvalue weighted by Gasteiger charge is -2.03. The summed E-state index contributed by atoms with van der Waals surface area (Å²) in [4.78, 5) is 24.5. The third-order valence-electron chi connectivity index (χ3n) is 4.20. The van der Waals surface area contributed by atoms with E-state index in [1.165, 1.54) is 24.6 Å². The van der Waals surface area contributed by atoms with Crippen LogP contribution < -0.4 is 20.3 Å². The molecule has 1 aromatic heterocycles. The van der Waals surface area contributed by atoms with Crippen LogP contribution >= 0.6 is 31.9 Å². The molecule has 0 aliphatic heterocycles. The van der Waals surface area contributed by atoms with E-state index in [0.717, 1.165) is 8.95 Å². The first-order chi connectivity index (χ1) is 15.9. The van der Waals surface area contributed by atoms with E-state index in [1.54, 1.807) is 50.6 Å². The number of carbonyl (C=O) groups is 2. The van der Waals surface area contributed by atoms with Crippen LogP contribution in [0.25, 0.3) is 0 Å². The summed E-state index contributed by atoms with van der Waals surface area (Å²) in [7, 11) is 3.11. The molecule has 2 aromatic carbocycles. The van der Waals surface area contributed by atoms with E-state index in [1.807, 2.05) is 0 Å². The van der Waals surface area contributed by atoms with Crippen molar-refractivity contribution in [3.8, 4) is 11.5 Å². The van der Waals surface area contributed by atoms with Gasteiger partial charge < -0.3 is 13.9 Å². The van der Waals surface area contributed by atoms with Crippen molar-refractivity contribution < 1.29 is 23.5 Å². The van der Waals surface area contributed by atoms with Gasteiger partial charge in [-0.05, 0) is 48.5 Å². The summed E-state index contributed by atoms with van der Waals surface area (Å²) in [5, 5.41) is 7.81. The smallest absolute Gasteiger partial charge is 0.307 e. The third kappa shape index (κ3) is 6.53. The maximum Gasteiger partial charge on any atom is 0.307 e. The SMILES string of the molecule is COc1ccc(Br)c(/C=N/NC(=O)c2ccc(C(=O)N/N=C/c3cc(OC)ccc3Br)o2)c1. The summed E-state index contributed by atoms with van der Waals surface area (Å²) >= 11 is 6.79. The molecule has 0 atom stereocenters. The van der Waals surface area contributed by atoms with Crippen molar-refractivity contribution >= 4 is 56.1 Å². The van der Waals surface area contributed by atoms with Crippen LogP contribution in [0.2, 0.25) is 0 Å². The van der Waals surface area contributed by atoms with Crippen LogP contribution in [0.15, 0.2) is 72.1 Å². The molecular weight excluding hydrogens is 560 g/mol. The predicted molar refractivity (Wildman–Crippen MR) is 130 cm³/mol. The minimum Gasteiger partial charge on any atom is -0.497 e. The summed E-state index contributed by atoms with van der Waals surface area (Å²) < 4.78 is 17.2. The zero-order valence-electron chi connectivity index (χ0n) is 17.5. The average Bonchev–Trinajstić information content (AvgIpc) is 3.32. The molecule has 1 heterocycles. The van der Waals surface area contributed by atoms with Gasteiger partial charge in [-0.1, -0.05) is 31.9 Å². The van der Waals surface area contributed by atoms with Crippen molar-refractivity contribution in [2.75, 3.05) is 14.2 Å². The molecule has 3 aromatic rings. The average molecular weight is 578 g/mol. The highest BCUT2D eigenvalue weighted by Crippen LogP contribution is 2.21. The fraction of sp³-hybridized carbons (Fsp3) is 0.0909. The normalized spacial score (nSPS) is 11.0. The summed E-state index contributed by atoms with van der Waals surface area (Å²) in [5.74, 6) is -0.104. The Balaban J connectivity index is 1.58. The first-order valence-electron chi connectivity index (χ1n) is 9.35. The van der Waals surface area contributed by atoms with Gasteiger partial charge in [0.05, 0.1) is 26.6 Å². The van der Waals surface area contributed by atoms with Crippen LogP contribution in [-0.2, 0) is 0 Å². The molecule has 0 aliphatic carbocycles. The van der Waals surface area contributed by atoms with Gasteiger partial charge in [-0.3, -0.25) is 9.59 Å². The summed E-state index contributed by atoms with van der Waals surface area (Å²) in [6.45, 7) is 0. The molecule has 0 fully saturated rings. The van der Waals surface area contributed by atoms with Crippen LogP contribution in [0, 0.1) is 0 Å². The first-order valence-corrected chi connectivity index (χ1v) is 10.9. The topological polar surface area (TPSA) is 115 Å². The number of hydrazone groups is 2. The number of hydrogen-bond acceptors (Lipinski definition) is 7. The molecule has 0 radical (unpaired) electrons. The highest BCUT2D eigenvalue weighted by atomic mass is 79.9. The van der Waals surface area contributed by atoms with Gasteiger partial charge in [0.1, 0.15) is 11.5 Å². The number of halogens is 2. The zero-order chi connectivity index (χ0) is 23.8. The number of carbonyl (C=O) groups excluding carboxylic acids is 2. The number of nitrogens with one attached hydrogen (secondary N) is 2. The Hall–Kier alpha value is -3.44. The summed E-state index contributed by atoms with van der Waals surface area (Å²) in [5.41, 5.74) is 6.09. The molecule has 2 N–H and O–H groups in total. The molecular formula is C22H18Br2N4O5. The van der Waals surface area contributed by atoms with Crippen LogP contribution in [0.5, 0.6) is 11.5 Å². The molecule has 0 spiro atoms. The van der Waals surface area contributed by atoms with E-state index in [4.69, 9.17) is 13.9 Å². The number of benzene rings is 2. The molecule has 9 nitrogen and oxygen atoms in total. The van der Waals surface area contributed by atoms with Crippen LogP contribution in [-0.4, -0.2) is 38.5 Å². The first kappa shape index (κ1) is 24.2. The Morgan fingerprint density at radius 3 is 1.61 bits per heavy atom. The minimum atomic E-state index is -0.617. The number of furan rings is 1. The van der Waals surface area contributed by atoms with Crippen LogP contribution in [0.3, 0.4) is 0 Å². The molecule has 0 bridgehead atoms. The quantitative estimate of drug-likeness (QED) is 0.305. The van der Waals surface area contributed by atoms with Gasteiger partial charge in [0, 0.05) is 20.1 Å². The van der Waals surface area contributed by atoms with E-state index < -0.39 is 11.8 Å². The fourth-order valence-corrected chi connectivity index (χ4v) is 3.21. The highest BCUT2D eigenvalue weighted by Gasteiger charge is 2.15. The molecule has 0 unspecified atom stereocenters. The minimum absolute atomic E-state index is 0.0819. The number of rotatable bonds is 8. The van der Waals surface area contributed by atoms with Crippen molar-refractivity contribution in [3.05, 3.63) is 80.1 Å². The van der Waals surface area contributed by atoms with Gasteiger partial charge in [0.25, 0.3) is 0 Å². The Morgan fingerprint density at radius 1 is 0.788 bits per heavy atom. The van der Waals surface area contributed by atoms with Crippen LogP contribution in [0.1, 0.15) is 32.2 Å². The van der Waals surface area contributed by atoms with E-state index >= 15 is 0 Å². The van der Waals surface area contributed by atoms with Crippen molar-refractivity contribution in [2.24, 2.45) is 10.2 Å². The van der Waals surface area contributed by atoms with Gasteiger partial charge in [-0.15, -0.1) is 0 Å². The Bertz CT molecular complexity index is 1130. The number of hydrogen-bond donors (Lipinski definition) is 2. The maximum absolute atomic E-state index is 12.2. The van der Waals surface area contributed by atoms with Gasteiger partial charge in [-0.25, -0.2) is 10.9 Å². The second-order valence-electron chi connectivity index (χ2n) is 6.34. The van der Waals surface area contributed by atoms with Crippen molar-refractivity contribution in [3.63, 3.8) is 0 Å². The fourth-order valence-electron chi connectivity index (χ4n) is 2.51. The van der Waals surface area contributed by atoms with Crippen LogP contribution in [0.4, 0.5) is 0 Å². The Labute approximate surface area is 206 Å². The van der Waals surface area contributed by atoms with E-state index in [-0.39, 0.29) is 11.5 Å². The second-order valence-corrected chi connectivity index (χ2v) is 8.05. The number of methoxy groups -OCH3 is 2. The second kappa shape index (κ2) is 11.4. The standard InChI is InChI=1S/C22H18Br2N4O5/c1-31-15-3-5-17(23)13(9-15)11-25-27-21(29)19-7-8-20(33-19)22(30)28-26-12-14-10-16(32-2)4-6-18(14)24/h3-12H,1-2H3,(H,27,29)(H,28,30)/b25-11+,26-12+. The predicted octanol–water partition coefficient (Wildman–Crippen LogP) is 4.35. The molecule has 0 saturated heterocycles. The molecule has 33 heavy (non-hydrogen) atoms. The molecule has 3 rings (SSSR count). The molecule has 0 saturated carbocycles. The number of nitrogens with zero attached hydrogens (tertiary/aromatic N) is 2. The van der Waals surface area contributed by atoms with Crippen molar-refractivity contribution in [1.29, 1.82) is 0 Å². The number of amides is 2. The van der Waals surface area contributed by atoms with Gasteiger partial charge in [0.15, 0.2) is 11.5 Å². The van der Waals surface area contributed by atoms with E-state index in [2.05, 4.69) is 52.9 Å². The van der Waals surface area contributed by atoms with Gasteiger partial charge >= 0.3 is 11.8 Å². The van der Waals surface area contributed by atoms with E-state index in [9.17, 15) is 9.59 Å². The Kier molecular flexibility index (Phi) is 8.39. The van der Waals surface area contributed by atoms with Crippen molar-refractivity contribution in [1.82, 2.24) is 10.9 Å². The molecule has 0 aliphatic rings. The van der Waals surface area contributed by atoms with Gasteiger partial charge in [-0.2, -0.15) is 10.2 Å². The summed E-state index contributed by atoms with van der Waals surface area (Å²) in [6.07, 6.45) is 2.90. The van der Waals surface area contributed by atoms with Crippen molar-refractivity contribution in [2.45, 2.75) is 0 Å². The molecule has 170 valence electrons. The monoisotopic (exact) mass is 576 g/mol.